The number of fused-ring (bicyclic) bond motifs is 1. The third kappa shape index (κ3) is 3.16. The minimum absolute atomic E-state index is 0.428. The molecule has 0 amide bonds. The molecule has 0 unspecified atom stereocenters. The van der Waals surface area contributed by atoms with E-state index in [0.29, 0.717) is 29.0 Å². The molecule has 134 valence electrons. The number of rotatable bonds is 4. The Balaban J connectivity index is 1.64. The van der Waals surface area contributed by atoms with Crippen molar-refractivity contribution >= 4 is 17.0 Å². The van der Waals surface area contributed by atoms with E-state index >= 15 is 0 Å². The molecule has 2 aromatic carbocycles. The minimum atomic E-state index is 0.428. The molecule has 0 saturated heterocycles. The van der Waals surface area contributed by atoms with Crippen molar-refractivity contribution in [3.8, 4) is 22.8 Å². The molecule has 1 aliphatic rings. The molecule has 0 atom stereocenters. The Hall–Kier alpha value is -3.21. The highest BCUT2D eigenvalue weighted by Gasteiger charge is 2.21. The lowest BCUT2D eigenvalue weighted by molar-refractivity contribution is 0.617. The van der Waals surface area contributed by atoms with Gasteiger partial charge in [-0.1, -0.05) is 61.4 Å². The summed E-state index contributed by atoms with van der Waals surface area (Å²) in [4.78, 5) is 14.1. The molecule has 1 N–H and O–H groups in total. The van der Waals surface area contributed by atoms with Crippen LogP contribution in [0.15, 0.2) is 65.1 Å². The van der Waals surface area contributed by atoms with Gasteiger partial charge in [0.05, 0.1) is 0 Å². The van der Waals surface area contributed by atoms with Gasteiger partial charge in [-0.3, -0.25) is 0 Å². The number of anilines is 1. The van der Waals surface area contributed by atoms with E-state index in [0.717, 1.165) is 29.8 Å². The topological polar surface area (TPSA) is 63.8 Å². The van der Waals surface area contributed by atoms with Gasteiger partial charge in [-0.15, -0.1) is 0 Å². The second kappa shape index (κ2) is 6.83. The van der Waals surface area contributed by atoms with Crippen LogP contribution in [-0.4, -0.2) is 21.0 Å². The van der Waals surface area contributed by atoms with Gasteiger partial charge in [0.1, 0.15) is 0 Å². The van der Waals surface area contributed by atoms with E-state index in [2.05, 4.69) is 15.3 Å². The molecule has 1 saturated carbocycles. The molecule has 1 aliphatic carbocycles. The van der Waals surface area contributed by atoms with Crippen LogP contribution in [-0.2, 0) is 0 Å². The minimum Gasteiger partial charge on any atom is -0.430 e. The van der Waals surface area contributed by atoms with Gasteiger partial charge >= 0.3 is 0 Å². The van der Waals surface area contributed by atoms with Crippen molar-refractivity contribution in [2.45, 2.75) is 31.7 Å². The zero-order valence-electron chi connectivity index (χ0n) is 14.9. The van der Waals surface area contributed by atoms with Gasteiger partial charge in [-0.25, -0.2) is 9.97 Å². The second-order valence-corrected chi connectivity index (χ2v) is 6.93. The summed E-state index contributed by atoms with van der Waals surface area (Å²) < 4.78 is 6.09. The maximum atomic E-state index is 6.09. The molecular weight excluding hydrogens is 336 g/mol. The Labute approximate surface area is 157 Å². The van der Waals surface area contributed by atoms with E-state index < -0.39 is 0 Å². The highest BCUT2D eigenvalue weighted by molar-refractivity contribution is 5.85. The highest BCUT2D eigenvalue weighted by atomic mass is 16.3. The Morgan fingerprint density at radius 3 is 2.15 bits per heavy atom. The van der Waals surface area contributed by atoms with Crippen LogP contribution in [0.3, 0.4) is 0 Å². The number of aromatic nitrogens is 3. The molecule has 0 radical (unpaired) electrons. The fourth-order valence-electron chi connectivity index (χ4n) is 3.61. The van der Waals surface area contributed by atoms with Crippen LogP contribution >= 0.6 is 0 Å². The molecule has 0 aliphatic heterocycles. The van der Waals surface area contributed by atoms with Crippen LogP contribution < -0.4 is 5.32 Å². The molecule has 5 rings (SSSR count). The van der Waals surface area contributed by atoms with Gasteiger partial charge in [-0.2, -0.15) is 4.98 Å². The Morgan fingerprint density at radius 2 is 1.44 bits per heavy atom. The Morgan fingerprint density at radius 1 is 0.778 bits per heavy atom. The van der Waals surface area contributed by atoms with Gasteiger partial charge in [0.2, 0.25) is 17.1 Å². The lowest BCUT2D eigenvalue weighted by atomic mass is 10.2. The van der Waals surface area contributed by atoms with Gasteiger partial charge in [0, 0.05) is 17.2 Å². The van der Waals surface area contributed by atoms with Gasteiger partial charge < -0.3 is 9.73 Å². The summed E-state index contributed by atoms with van der Waals surface area (Å²) in [6, 6.07) is 20.3. The predicted molar refractivity (Wildman–Crippen MR) is 106 cm³/mol. The Kier molecular flexibility index (Phi) is 4.05. The first kappa shape index (κ1) is 16.0. The average Bonchev–Trinajstić information content (AvgIpc) is 3.39. The van der Waals surface area contributed by atoms with E-state index in [1.165, 1.54) is 12.8 Å². The number of hydrogen-bond donors (Lipinski definition) is 1. The van der Waals surface area contributed by atoms with Crippen LogP contribution in [0.2, 0.25) is 0 Å². The first-order valence-electron chi connectivity index (χ1n) is 9.43. The lowest BCUT2D eigenvalue weighted by Crippen LogP contribution is -2.16. The van der Waals surface area contributed by atoms with Crippen molar-refractivity contribution in [1.82, 2.24) is 15.0 Å². The zero-order valence-corrected chi connectivity index (χ0v) is 14.9. The summed E-state index contributed by atoms with van der Waals surface area (Å²) in [5, 5.41) is 3.57. The molecule has 0 bridgehead atoms. The van der Waals surface area contributed by atoms with Crippen molar-refractivity contribution in [2.24, 2.45) is 0 Å². The Bertz CT molecular complexity index is 1050. The molecule has 4 aromatic rings. The van der Waals surface area contributed by atoms with Crippen LogP contribution in [0.1, 0.15) is 25.7 Å². The molecule has 1 fully saturated rings. The fourth-order valence-corrected chi connectivity index (χ4v) is 3.61. The summed E-state index contributed by atoms with van der Waals surface area (Å²) in [5.74, 6) is 1.97. The maximum absolute atomic E-state index is 6.09. The normalized spacial score (nSPS) is 14.7. The van der Waals surface area contributed by atoms with Crippen LogP contribution in [0.5, 0.6) is 0 Å². The zero-order chi connectivity index (χ0) is 18.1. The van der Waals surface area contributed by atoms with E-state index in [1.807, 2.05) is 60.7 Å². The van der Waals surface area contributed by atoms with Crippen molar-refractivity contribution in [3.63, 3.8) is 0 Å². The summed E-state index contributed by atoms with van der Waals surface area (Å²) in [5.41, 5.74) is 3.12. The molecule has 2 heterocycles. The lowest BCUT2D eigenvalue weighted by Gasteiger charge is -2.13. The van der Waals surface area contributed by atoms with E-state index in [-0.39, 0.29) is 0 Å². The molecule has 5 nitrogen and oxygen atoms in total. The first-order valence-corrected chi connectivity index (χ1v) is 9.43. The smallest absolute Gasteiger partial charge is 0.229 e. The molecular formula is C22H20N4O. The third-order valence-corrected chi connectivity index (χ3v) is 5.00. The van der Waals surface area contributed by atoms with Crippen LogP contribution in [0, 0.1) is 0 Å². The monoisotopic (exact) mass is 356 g/mol. The average molecular weight is 356 g/mol. The van der Waals surface area contributed by atoms with Crippen molar-refractivity contribution < 1.29 is 4.42 Å². The van der Waals surface area contributed by atoms with Gasteiger partial charge in [0.15, 0.2) is 11.6 Å². The summed E-state index contributed by atoms with van der Waals surface area (Å²) in [6.07, 6.45) is 4.82. The SMILES string of the molecule is c1ccc(-c2nc(NC3CCCC3)c3oc(-c4ccccc4)nc3n2)cc1. The van der Waals surface area contributed by atoms with Gasteiger partial charge in [-0.05, 0) is 25.0 Å². The number of hydrogen-bond acceptors (Lipinski definition) is 5. The predicted octanol–water partition coefficient (Wildman–Crippen LogP) is 5.31. The van der Waals surface area contributed by atoms with E-state index in [4.69, 9.17) is 9.40 Å². The highest BCUT2D eigenvalue weighted by Crippen LogP contribution is 2.31. The fraction of sp³-hybridized carbons (Fsp3) is 0.227. The summed E-state index contributed by atoms with van der Waals surface area (Å²) >= 11 is 0. The summed E-state index contributed by atoms with van der Waals surface area (Å²) in [7, 11) is 0. The van der Waals surface area contributed by atoms with Crippen LogP contribution in [0.25, 0.3) is 34.1 Å². The first-order chi connectivity index (χ1) is 13.4. The molecule has 5 heteroatoms. The number of benzene rings is 2. The van der Waals surface area contributed by atoms with Gasteiger partial charge in [0.25, 0.3) is 0 Å². The number of oxazole rings is 1. The van der Waals surface area contributed by atoms with Crippen molar-refractivity contribution in [1.29, 1.82) is 0 Å². The number of nitrogens with zero attached hydrogens (tertiary/aromatic N) is 3. The maximum Gasteiger partial charge on any atom is 0.229 e. The quantitative estimate of drug-likeness (QED) is 0.537. The van der Waals surface area contributed by atoms with Crippen LogP contribution in [0.4, 0.5) is 5.82 Å². The standard InChI is InChI=1S/C22H20N4O/c1-3-9-15(10-4-1)19-24-20(23-17-13-7-8-14-17)18-21(25-19)26-22(27-18)16-11-5-2-6-12-16/h1-6,9-12,17H,7-8,13-14H2,(H,23,24,25). The largest absolute Gasteiger partial charge is 0.430 e. The third-order valence-electron chi connectivity index (χ3n) is 5.00. The summed E-state index contributed by atoms with van der Waals surface area (Å²) in [6.45, 7) is 0. The van der Waals surface area contributed by atoms with E-state index in [1.54, 1.807) is 0 Å². The number of nitrogens with one attached hydrogen (secondary N) is 1. The van der Waals surface area contributed by atoms with Crippen molar-refractivity contribution in [3.05, 3.63) is 60.7 Å². The van der Waals surface area contributed by atoms with Crippen molar-refractivity contribution in [2.75, 3.05) is 5.32 Å². The second-order valence-electron chi connectivity index (χ2n) is 6.93. The molecule has 2 aromatic heterocycles. The molecule has 0 spiro atoms. The van der Waals surface area contributed by atoms with E-state index in [9.17, 15) is 0 Å². The molecule has 27 heavy (non-hydrogen) atoms.